The van der Waals surface area contributed by atoms with Gasteiger partial charge in [-0.15, -0.1) is 23.1 Å². The summed E-state index contributed by atoms with van der Waals surface area (Å²) in [6.45, 7) is 0.584. The van der Waals surface area contributed by atoms with Crippen molar-refractivity contribution in [1.29, 1.82) is 0 Å². The first-order valence-electron chi connectivity index (χ1n) is 6.02. The number of para-hydroxylation sites is 1. The van der Waals surface area contributed by atoms with Gasteiger partial charge < -0.3 is 10.6 Å². The van der Waals surface area contributed by atoms with E-state index in [0.717, 1.165) is 14.1 Å². The lowest BCUT2D eigenvalue weighted by Crippen LogP contribution is -2.27. The van der Waals surface area contributed by atoms with Crippen molar-refractivity contribution in [1.82, 2.24) is 4.90 Å². The summed E-state index contributed by atoms with van der Waals surface area (Å²) >= 11 is 8.83. The number of halogens is 1. The fourth-order valence-corrected chi connectivity index (χ4v) is 3.67. The van der Waals surface area contributed by atoms with Crippen molar-refractivity contribution in [2.45, 2.75) is 11.4 Å². The van der Waals surface area contributed by atoms with Gasteiger partial charge in [0.2, 0.25) is 5.91 Å². The Hall–Kier alpha value is -1.17. The second kappa shape index (κ2) is 7.02. The Morgan fingerprint density at radius 2 is 2.10 bits per heavy atom. The van der Waals surface area contributed by atoms with Gasteiger partial charge in [0.05, 0.1) is 16.6 Å². The van der Waals surface area contributed by atoms with Crippen molar-refractivity contribution in [3.05, 3.63) is 45.6 Å². The average Bonchev–Trinajstić information content (AvgIpc) is 2.82. The molecule has 0 aliphatic carbocycles. The topological polar surface area (TPSA) is 46.3 Å². The van der Waals surface area contributed by atoms with Crippen LogP contribution in [0.4, 0.5) is 5.69 Å². The van der Waals surface area contributed by atoms with Crippen molar-refractivity contribution in [3.63, 3.8) is 0 Å². The van der Waals surface area contributed by atoms with Crippen molar-refractivity contribution in [2.75, 3.05) is 18.5 Å². The number of hydrogen-bond acceptors (Lipinski definition) is 4. The molecule has 0 fully saturated rings. The second-order valence-corrected chi connectivity index (χ2v) is 7.10. The van der Waals surface area contributed by atoms with Crippen LogP contribution in [0.1, 0.15) is 4.88 Å². The SMILES string of the molecule is CN(Cc1ccc(Cl)s1)C(=O)CSc1ccccc1N. The first kappa shape index (κ1) is 15.2. The highest BCUT2D eigenvalue weighted by Gasteiger charge is 2.11. The minimum absolute atomic E-state index is 0.0720. The lowest BCUT2D eigenvalue weighted by molar-refractivity contribution is -0.127. The minimum Gasteiger partial charge on any atom is -0.398 e. The number of carbonyl (C=O) groups excluding carboxylic acids is 1. The van der Waals surface area contributed by atoms with E-state index >= 15 is 0 Å². The maximum atomic E-state index is 12.1. The second-order valence-electron chi connectivity index (χ2n) is 4.28. The standard InChI is InChI=1S/C14H15ClN2OS2/c1-17(8-10-6-7-13(15)20-10)14(18)9-19-12-5-3-2-4-11(12)16/h2-7H,8-9,16H2,1H3. The summed E-state index contributed by atoms with van der Waals surface area (Å²) in [6, 6.07) is 11.4. The van der Waals surface area contributed by atoms with Gasteiger partial charge in [-0.05, 0) is 24.3 Å². The molecule has 0 aliphatic rings. The largest absolute Gasteiger partial charge is 0.398 e. The Morgan fingerprint density at radius 1 is 1.35 bits per heavy atom. The number of hydrogen-bond donors (Lipinski definition) is 1. The van der Waals surface area contributed by atoms with E-state index in [4.69, 9.17) is 17.3 Å². The molecule has 0 spiro atoms. The van der Waals surface area contributed by atoms with Crippen LogP contribution in [0.5, 0.6) is 0 Å². The van der Waals surface area contributed by atoms with Crippen molar-refractivity contribution in [3.8, 4) is 0 Å². The Kier molecular flexibility index (Phi) is 5.34. The Morgan fingerprint density at radius 3 is 2.75 bits per heavy atom. The third-order valence-corrected chi connectivity index (χ3v) is 5.01. The molecule has 1 heterocycles. The molecule has 2 rings (SSSR count). The average molecular weight is 327 g/mol. The van der Waals surface area contributed by atoms with Gasteiger partial charge in [0.15, 0.2) is 0 Å². The van der Waals surface area contributed by atoms with Gasteiger partial charge in [-0.2, -0.15) is 0 Å². The van der Waals surface area contributed by atoms with Gasteiger partial charge in [-0.3, -0.25) is 4.79 Å². The Balaban J connectivity index is 1.87. The smallest absolute Gasteiger partial charge is 0.233 e. The fraction of sp³-hybridized carbons (Fsp3) is 0.214. The van der Waals surface area contributed by atoms with Crippen LogP contribution in [0.2, 0.25) is 4.34 Å². The number of nitrogen functional groups attached to an aromatic ring is 1. The van der Waals surface area contributed by atoms with E-state index < -0.39 is 0 Å². The Labute approximate surface area is 131 Å². The predicted molar refractivity (Wildman–Crippen MR) is 87.4 cm³/mol. The maximum absolute atomic E-state index is 12.1. The highest BCUT2D eigenvalue weighted by molar-refractivity contribution is 8.00. The molecule has 0 unspecified atom stereocenters. The van der Waals surface area contributed by atoms with Gasteiger partial charge in [-0.25, -0.2) is 0 Å². The van der Waals surface area contributed by atoms with Crippen LogP contribution >= 0.6 is 34.7 Å². The van der Waals surface area contributed by atoms with E-state index in [1.54, 1.807) is 11.9 Å². The number of benzene rings is 1. The summed E-state index contributed by atoms with van der Waals surface area (Å²) in [6.07, 6.45) is 0. The third kappa shape index (κ3) is 4.16. The van der Waals surface area contributed by atoms with Crippen LogP contribution in [0.25, 0.3) is 0 Å². The highest BCUT2D eigenvalue weighted by Crippen LogP contribution is 2.25. The first-order valence-corrected chi connectivity index (χ1v) is 8.20. The number of nitrogens with two attached hydrogens (primary N) is 1. The van der Waals surface area contributed by atoms with Gasteiger partial charge in [-0.1, -0.05) is 23.7 Å². The van der Waals surface area contributed by atoms with Crippen LogP contribution in [-0.4, -0.2) is 23.6 Å². The summed E-state index contributed by atoms with van der Waals surface area (Å²) < 4.78 is 0.743. The molecule has 106 valence electrons. The lowest BCUT2D eigenvalue weighted by Gasteiger charge is -2.16. The molecular weight excluding hydrogens is 312 g/mol. The van der Waals surface area contributed by atoms with Gasteiger partial charge in [0.25, 0.3) is 0 Å². The molecule has 0 saturated carbocycles. The molecule has 2 aromatic rings. The summed E-state index contributed by atoms with van der Waals surface area (Å²) in [5.74, 6) is 0.451. The van der Waals surface area contributed by atoms with Gasteiger partial charge >= 0.3 is 0 Å². The van der Waals surface area contributed by atoms with Crippen molar-refractivity contribution < 1.29 is 4.79 Å². The molecule has 0 aliphatic heterocycles. The van der Waals surface area contributed by atoms with Crippen LogP contribution in [0, 0.1) is 0 Å². The van der Waals surface area contributed by atoms with Gasteiger partial charge in [0.1, 0.15) is 0 Å². The number of amides is 1. The van der Waals surface area contributed by atoms with Crippen molar-refractivity contribution >= 4 is 46.3 Å². The minimum atomic E-state index is 0.0720. The van der Waals surface area contributed by atoms with E-state index in [2.05, 4.69) is 0 Å². The number of carbonyl (C=O) groups is 1. The molecule has 20 heavy (non-hydrogen) atoms. The van der Waals surface area contributed by atoms with E-state index in [0.29, 0.717) is 18.0 Å². The molecule has 0 bridgehead atoms. The molecule has 1 amide bonds. The third-order valence-electron chi connectivity index (χ3n) is 2.72. The summed E-state index contributed by atoms with van der Waals surface area (Å²) in [7, 11) is 1.80. The van der Waals surface area contributed by atoms with E-state index in [1.165, 1.54) is 23.1 Å². The zero-order valence-corrected chi connectivity index (χ0v) is 13.4. The van der Waals surface area contributed by atoms with Crippen LogP contribution in [-0.2, 0) is 11.3 Å². The van der Waals surface area contributed by atoms with Crippen LogP contribution < -0.4 is 5.73 Å². The number of anilines is 1. The molecule has 0 atom stereocenters. The number of nitrogens with zero attached hydrogens (tertiary/aromatic N) is 1. The predicted octanol–water partition coefficient (Wildman–Crippen LogP) is 3.73. The van der Waals surface area contributed by atoms with Gasteiger partial charge in [0, 0.05) is 22.5 Å². The molecule has 6 heteroatoms. The van der Waals surface area contributed by atoms with Crippen LogP contribution in [0.15, 0.2) is 41.3 Å². The molecule has 0 radical (unpaired) electrons. The zero-order valence-electron chi connectivity index (χ0n) is 11.0. The van der Waals surface area contributed by atoms with E-state index in [9.17, 15) is 4.79 Å². The summed E-state index contributed by atoms with van der Waals surface area (Å²) in [5.41, 5.74) is 6.56. The number of rotatable bonds is 5. The normalized spacial score (nSPS) is 10.5. The zero-order chi connectivity index (χ0) is 14.5. The highest BCUT2D eigenvalue weighted by atomic mass is 35.5. The fourth-order valence-electron chi connectivity index (χ4n) is 1.62. The molecule has 2 N–H and O–H groups in total. The molecule has 0 saturated heterocycles. The first-order chi connectivity index (χ1) is 9.56. The Bertz CT molecular complexity index is 600. The summed E-state index contributed by atoms with van der Waals surface area (Å²) in [4.78, 5) is 15.8. The maximum Gasteiger partial charge on any atom is 0.233 e. The lowest BCUT2D eigenvalue weighted by atomic mass is 10.3. The van der Waals surface area contributed by atoms with Crippen molar-refractivity contribution in [2.24, 2.45) is 0 Å². The van der Waals surface area contributed by atoms with E-state index in [-0.39, 0.29) is 5.91 Å². The molecular formula is C14H15ClN2OS2. The quantitative estimate of drug-likeness (QED) is 0.672. The molecule has 1 aromatic heterocycles. The number of thioether (sulfide) groups is 1. The molecule has 1 aromatic carbocycles. The molecule has 3 nitrogen and oxygen atoms in total. The number of thiophene rings is 1. The van der Waals surface area contributed by atoms with Crippen LogP contribution in [0.3, 0.4) is 0 Å². The summed E-state index contributed by atoms with van der Waals surface area (Å²) in [5, 5.41) is 0. The van der Waals surface area contributed by atoms with E-state index in [1.807, 2.05) is 36.4 Å². The monoisotopic (exact) mass is 326 g/mol.